The van der Waals surface area contributed by atoms with Crippen molar-refractivity contribution in [3.05, 3.63) is 47.8 Å². The Labute approximate surface area is 216 Å². The highest BCUT2D eigenvalue weighted by Crippen LogP contribution is 2.37. The first-order chi connectivity index (χ1) is 16.5. The van der Waals surface area contributed by atoms with Crippen LogP contribution in [0, 0.1) is 0 Å². The number of imidazole rings is 1. The van der Waals surface area contributed by atoms with E-state index in [-0.39, 0.29) is 23.9 Å². The van der Waals surface area contributed by atoms with Crippen molar-refractivity contribution >= 4 is 23.7 Å². The fraction of sp³-hybridized carbons (Fsp3) is 0.640. The van der Waals surface area contributed by atoms with Crippen LogP contribution in [0.5, 0.6) is 0 Å². The largest absolute Gasteiger partial charge is 0.384 e. The zero-order valence-electron chi connectivity index (χ0n) is 22.8. The molecule has 9 nitrogen and oxygen atoms in total. The summed E-state index contributed by atoms with van der Waals surface area (Å²) in [6, 6.07) is 9.59. The van der Waals surface area contributed by atoms with E-state index in [1.807, 2.05) is 30.3 Å². The molecule has 0 spiro atoms. The van der Waals surface area contributed by atoms with Gasteiger partial charge in [0.25, 0.3) is 0 Å². The summed E-state index contributed by atoms with van der Waals surface area (Å²) in [5.74, 6) is -0.846. The Morgan fingerprint density at radius 3 is 2.36 bits per heavy atom. The Hall–Kier alpha value is -1.60. The number of benzene rings is 1. The van der Waals surface area contributed by atoms with Crippen molar-refractivity contribution in [2.24, 2.45) is 0 Å². The molecule has 0 unspecified atom stereocenters. The predicted octanol–water partition coefficient (Wildman–Crippen LogP) is 3.02. The maximum absolute atomic E-state index is 13.6. The summed E-state index contributed by atoms with van der Waals surface area (Å²) >= 11 is 0. The SMILES string of the molecule is CN(C)S(=O)(=O)n1c([C@@H](O)[C@@H](OCc2ccccc2)[C@@H]2COC(C)(C)O2)cnc1[Si](C)(C)C(C)(C)C. The summed E-state index contributed by atoms with van der Waals surface area (Å²) in [7, 11) is -3.48. The zero-order valence-corrected chi connectivity index (χ0v) is 24.7. The Morgan fingerprint density at radius 2 is 1.86 bits per heavy atom. The van der Waals surface area contributed by atoms with Crippen molar-refractivity contribution < 1.29 is 27.7 Å². The van der Waals surface area contributed by atoms with E-state index in [9.17, 15) is 13.5 Å². The maximum atomic E-state index is 13.6. The molecule has 0 aliphatic carbocycles. The fourth-order valence-electron chi connectivity index (χ4n) is 3.92. The minimum absolute atomic E-state index is 0.148. The molecule has 1 aliphatic rings. The summed E-state index contributed by atoms with van der Waals surface area (Å²) in [5.41, 5.74) is 1.54. The number of aliphatic hydroxyl groups is 1. The van der Waals surface area contributed by atoms with E-state index in [1.54, 1.807) is 13.8 Å². The van der Waals surface area contributed by atoms with Crippen LogP contribution in [0.4, 0.5) is 0 Å². The smallest absolute Gasteiger partial charge is 0.308 e. The summed E-state index contributed by atoms with van der Waals surface area (Å²) in [4.78, 5) is 4.61. The molecule has 0 radical (unpaired) electrons. The summed E-state index contributed by atoms with van der Waals surface area (Å²) in [6.45, 7) is 14.5. The molecule has 1 N–H and O–H groups in total. The molecule has 1 saturated heterocycles. The molecule has 0 saturated carbocycles. The lowest BCUT2D eigenvalue weighted by molar-refractivity contribution is -0.173. The normalized spacial score (nSPS) is 20.6. The van der Waals surface area contributed by atoms with E-state index in [2.05, 4.69) is 38.8 Å². The molecule has 2 heterocycles. The molecule has 3 rings (SSSR count). The van der Waals surface area contributed by atoms with Crippen molar-refractivity contribution in [2.45, 2.75) is 83.5 Å². The number of aromatic nitrogens is 2. The molecule has 0 amide bonds. The number of aliphatic hydroxyl groups excluding tert-OH is 1. The van der Waals surface area contributed by atoms with Crippen LogP contribution in [0.15, 0.2) is 36.5 Å². The molecule has 11 heteroatoms. The molecule has 1 aromatic carbocycles. The van der Waals surface area contributed by atoms with Gasteiger partial charge in [0.05, 0.1) is 25.1 Å². The van der Waals surface area contributed by atoms with E-state index in [1.165, 1.54) is 24.3 Å². The van der Waals surface area contributed by atoms with Gasteiger partial charge in [0.1, 0.15) is 31.8 Å². The minimum atomic E-state index is -4.00. The number of hydrogen-bond acceptors (Lipinski definition) is 7. The van der Waals surface area contributed by atoms with Crippen LogP contribution in [0.1, 0.15) is 52.0 Å². The lowest BCUT2D eigenvalue weighted by Gasteiger charge is -2.37. The molecule has 0 bridgehead atoms. The van der Waals surface area contributed by atoms with Gasteiger partial charge in [-0.2, -0.15) is 12.7 Å². The van der Waals surface area contributed by atoms with Gasteiger partial charge in [-0.05, 0) is 24.4 Å². The van der Waals surface area contributed by atoms with Gasteiger partial charge in [-0.15, -0.1) is 0 Å². The lowest BCUT2D eigenvalue weighted by atomic mass is 10.1. The van der Waals surface area contributed by atoms with Gasteiger partial charge in [-0.25, -0.2) is 8.96 Å². The first-order valence-corrected chi connectivity index (χ1v) is 16.6. The summed E-state index contributed by atoms with van der Waals surface area (Å²) in [6.07, 6.45) is -1.38. The maximum Gasteiger partial charge on any atom is 0.308 e. The highest BCUT2D eigenvalue weighted by atomic mass is 32.2. The predicted molar refractivity (Wildman–Crippen MR) is 142 cm³/mol. The molecular weight excluding hydrogens is 498 g/mol. The second-order valence-electron chi connectivity index (χ2n) is 11.5. The van der Waals surface area contributed by atoms with Gasteiger partial charge >= 0.3 is 10.2 Å². The van der Waals surface area contributed by atoms with Gasteiger partial charge in [0, 0.05) is 14.1 Å². The third-order valence-corrected chi connectivity index (χ3v) is 14.3. The number of rotatable bonds is 9. The first-order valence-electron chi connectivity index (χ1n) is 12.2. The van der Waals surface area contributed by atoms with Crippen molar-refractivity contribution in [3.8, 4) is 0 Å². The fourth-order valence-corrected chi connectivity index (χ4v) is 7.66. The standard InChI is InChI=1S/C25H41N3O6SSi/c1-24(2,3)36(8,9)23-26-15-19(28(23)35(30,31)27(6)7)21(29)22(20-17-33-25(4,5)34-20)32-16-18-13-11-10-12-14-18/h10-15,20-22,29H,16-17H2,1-9H3/t20-,21+,22-/m0/s1. The second kappa shape index (κ2) is 10.3. The Kier molecular flexibility index (Phi) is 8.27. The van der Waals surface area contributed by atoms with E-state index in [0.717, 1.165) is 9.87 Å². The van der Waals surface area contributed by atoms with E-state index in [4.69, 9.17) is 14.2 Å². The molecular formula is C25H41N3O6SSi. The second-order valence-corrected chi connectivity index (χ2v) is 18.7. The third-order valence-electron chi connectivity index (χ3n) is 7.17. The Bertz CT molecular complexity index is 1140. The highest BCUT2D eigenvalue weighted by Gasteiger charge is 2.47. The number of nitrogens with zero attached hydrogens (tertiary/aromatic N) is 3. The van der Waals surface area contributed by atoms with Crippen LogP contribution in [0.2, 0.25) is 18.1 Å². The highest BCUT2D eigenvalue weighted by molar-refractivity contribution is 7.87. The molecule has 1 aliphatic heterocycles. The summed E-state index contributed by atoms with van der Waals surface area (Å²) in [5, 5.41) is 11.5. The third kappa shape index (κ3) is 5.77. The number of hydrogen-bond donors (Lipinski definition) is 1. The quantitative estimate of drug-likeness (QED) is 0.489. The minimum Gasteiger partial charge on any atom is -0.384 e. The van der Waals surface area contributed by atoms with Gasteiger partial charge in [-0.3, -0.25) is 0 Å². The topological polar surface area (TPSA) is 103 Å². The van der Waals surface area contributed by atoms with Crippen LogP contribution < -0.4 is 5.45 Å². The summed E-state index contributed by atoms with van der Waals surface area (Å²) < 4.78 is 47.6. The van der Waals surface area contributed by atoms with Crippen molar-refractivity contribution in [1.29, 1.82) is 0 Å². The average molecular weight is 540 g/mol. The lowest BCUT2D eigenvalue weighted by Crippen LogP contribution is -2.56. The van der Waals surface area contributed by atoms with Crippen LogP contribution in [0.25, 0.3) is 0 Å². The van der Waals surface area contributed by atoms with Gasteiger partial charge in [0.2, 0.25) is 0 Å². The molecule has 3 atom stereocenters. The van der Waals surface area contributed by atoms with E-state index < -0.39 is 42.4 Å². The molecule has 36 heavy (non-hydrogen) atoms. The van der Waals surface area contributed by atoms with Crippen LogP contribution in [-0.2, 0) is 31.0 Å². The van der Waals surface area contributed by atoms with Crippen molar-refractivity contribution in [3.63, 3.8) is 0 Å². The van der Waals surface area contributed by atoms with Gasteiger partial charge < -0.3 is 19.3 Å². The van der Waals surface area contributed by atoms with Gasteiger partial charge in [0.15, 0.2) is 5.79 Å². The van der Waals surface area contributed by atoms with Crippen molar-refractivity contribution in [2.75, 3.05) is 20.7 Å². The van der Waals surface area contributed by atoms with Gasteiger partial charge in [-0.1, -0.05) is 64.2 Å². The Morgan fingerprint density at radius 1 is 1.25 bits per heavy atom. The van der Waals surface area contributed by atoms with Crippen LogP contribution >= 0.6 is 0 Å². The average Bonchev–Trinajstić information content (AvgIpc) is 3.38. The van der Waals surface area contributed by atoms with Crippen LogP contribution in [0.3, 0.4) is 0 Å². The molecule has 1 fully saturated rings. The van der Waals surface area contributed by atoms with E-state index >= 15 is 0 Å². The monoisotopic (exact) mass is 539 g/mol. The van der Waals surface area contributed by atoms with Crippen LogP contribution in [-0.4, -0.2) is 73.6 Å². The number of ether oxygens (including phenoxy) is 3. The zero-order chi connectivity index (χ0) is 27.1. The van der Waals surface area contributed by atoms with Crippen molar-refractivity contribution in [1.82, 2.24) is 13.3 Å². The van der Waals surface area contributed by atoms with E-state index in [0.29, 0.717) is 5.45 Å². The molecule has 2 aromatic rings. The molecule has 1 aromatic heterocycles. The molecule has 202 valence electrons. The Balaban J connectivity index is 2.10. The first kappa shape index (κ1) is 29.0.